The Bertz CT molecular complexity index is 1390. The van der Waals surface area contributed by atoms with E-state index in [1.54, 1.807) is 6.07 Å². The van der Waals surface area contributed by atoms with Gasteiger partial charge in [0.2, 0.25) is 17.5 Å². The number of hydrogen-bond acceptors (Lipinski definition) is 7. The van der Waals surface area contributed by atoms with Gasteiger partial charge in [0.15, 0.2) is 23.1 Å². The highest BCUT2D eigenvalue weighted by Gasteiger charge is 2.49. The molecule has 0 radical (unpaired) electrons. The topological polar surface area (TPSA) is 121 Å². The molecule has 1 aromatic carbocycles. The Morgan fingerprint density at radius 2 is 2.09 bits per heavy atom. The van der Waals surface area contributed by atoms with Crippen LogP contribution in [0.1, 0.15) is 64.7 Å². The zero-order chi connectivity index (χ0) is 22.9. The molecular formula is C21H16F3N5O4. The van der Waals surface area contributed by atoms with Crippen LogP contribution in [0, 0.1) is 5.82 Å². The Morgan fingerprint density at radius 3 is 2.82 bits per heavy atom. The number of halogens is 3. The number of aromatic nitrogens is 4. The molecule has 0 spiro atoms. The molecule has 6 rings (SSSR count). The molecule has 1 fully saturated rings. The molecule has 1 saturated carbocycles. The number of fused-ring (bicyclic) bond motifs is 2. The molecule has 33 heavy (non-hydrogen) atoms. The number of amides is 1. The Labute approximate surface area is 183 Å². The average molecular weight is 459 g/mol. The van der Waals surface area contributed by atoms with Gasteiger partial charge in [-0.2, -0.15) is 0 Å². The van der Waals surface area contributed by atoms with E-state index >= 15 is 0 Å². The Morgan fingerprint density at radius 1 is 1.27 bits per heavy atom. The monoisotopic (exact) mass is 459 g/mol. The Balaban J connectivity index is 1.46. The molecular weight excluding hydrogens is 443 g/mol. The van der Waals surface area contributed by atoms with Gasteiger partial charge in [-0.15, -0.1) is 0 Å². The summed E-state index contributed by atoms with van der Waals surface area (Å²) >= 11 is 0. The maximum Gasteiger partial charge on any atom is 0.292 e. The molecule has 3 aromatic heterocycles. The number of para-hydroxylation sites is 1. The van der Waals surface area contributed by atoms with Crippen molar-refractivity contribution in [1.29, 1.82) is 0 Å². The fraction of sp³-hybridized carbons (Fsp3) is 0.333. The smallest absolute Gasteiger partial charge is 0.292 e. The molecule has 1 aliphatic carbocycles. The summed E-state index contributed by atoms with van der Waals surface area (Å²) in [5.41, 5.74) is -1.01. The van der Waals surface area contributed by atoms with Gasteiger partial charge in [0.05, 0.1) is 12.0 Å². The number of rotatable bonds is 4. The zero-order valence-corrected chi connectivity index (χ0v) is 16.9. The van der Waals surface area contributed by atoms with E-state index in [-0.39, 0.29) is 29.4 Å². The van der Waals surface area contributed by atoms with Gasteiger partial charge in [-0.25, -0.2) is 28.1 Å². The van der Waals surface area contributed by atoms with Crippen molar-refractivity contribution < 1.29 is 31.9 Å². The number of hydrogen-bond donors (Lipinski definition) is 2. The van der Waals surface area contributed by atoms with Crippen molar-refractivity contribution in [3.63, 3.8) is 0 Å². The third-order valence-electron chi connectivity index (χ3n) is 5.98. The lowest BCUT2D eigenvalue weighted by Crippen LogP contribution is -2.41. The maximum absolute atomic E-state index is 14.2. The molecule has 9 nitrogen and oxygen atoms in total. The number of carbonyl (C=O) groups excluding carboxylic acids is 1. The third kappa shape index (κ3) is 3.04. The lowest BCUT2D eigenvalue weighted by Gasteiger charge is -2.32. The molecule has 4 heterocycles. The molecule has 2 N–H and O–H groups in total. The standard InChI is InChI=1S/C21H16F3N5O4/c22-9-2-1-3-11-15(9)32-18(27-11)14-12-10(25-8-26-12)4-7-29(14)19(30)16-13(17(23)24)28-20(33-16)21(31)5-6-21/h1-3,8,14,17,31H,4-7H2,(H,25,26)/t14-/m0/s1. The maximum atomic E-state index is 14.2. The number of alkyl halides is 2. The molecule has 1 aliphatic heterocycles. The van der Waals surface area contributed by atoms with E-state index in [1.807, 2.05) is 0 Å². The summed E-state index contributed by atoms with van der Waals surface area (Å²) in [6.07, 6.45) is -0.676. The fourth-order valence-electron chi connectivity index (χ4n) is 4.09. The van der Waals surface area contributed by atoms with Gasteiger partial charge in [0.25, 0.3) is 12.3 Å². The van der Waals surface area contributed by atoms with Crippen LogP contribution in [0.4, 0.5) is 13.2 Å². The van der Waals surface area contributed by atoms with Gasteiger partial charge < -0.3 is 23.8 Å². The van der Waals surface area contributed by atoms with Crippen molar-refractivity contribution in [2.75, 3.05) is 6.54 Å². The Hall–Kier alpha value is -3.67. The molecule has 1 amide bonds. The highest BCUT2D eigenvalue weighted by Crippen LogP contribution is 2.46. The van der Waals surface area contributed by atoms with Crippen LogP contribution in [-0.2, 0) is 12.0 Å². The number of oxazole rings is 2. The van der Waals surface area contributed by atoms with Crippen LogP contribution in [0.2, 0.25) is 0 Å². The Kier molecular flexibility index (Phi) is 4.18. The number of benzene rings is 1. The highest BCUT2D eigenvalue weighted by molar-refractivity contribution is 5.93. The fourth-order valence-corrected chi connectivity index (χ4v) is 4.09. The van der Waals surface area contributed by atoms with Crippen LogP contribution in [0.25, 0.3) is 11.1 Å². The van der Waals surface area contributed by atoms with Crippen LogP contribution in [0.3, 0.4) is 0 Å². The summed E-state index contributed by atoms with van der Waals surface area (Å²) in [7, 11) is 0. The van der Waals surface area contributed by atoms with E-state index in [0.717, 1.165) is 0 Å². The van der Waals surface area contributed by atoms with Gasteiger partial charge in [-0.1, -0.05) is 6.07 Å². The zero-order valence-electron chi connectivity index (χ0n) is 16.9. The number of aromatic amines is 1. The average Bonchev–Trinajstić information content (AvgIpc) is 3.24. The molecule has 0 unspecified atom stereocenters. The van der Waals surface area contributed by atoms with E-state index in [0.29, 0.717) is 30.7 Å². The summed E-state index contributed by atoms with van der Waals surface area (Å²) in [5, 5.41) is 10.3. The number of aliphatic hydroxyl groups is 1. The van der Waals surface area contributed by atoms with Crippen LogP contribution in [0.15, 0.2) is 33.4 Å². The lowest BCUT2D eigenvalue weighted by molar-refractivity contribution is 0.0605. The summed E-state index contributed by atoms with van der Waals surface area (Å²) in [6.45, 7) is 0.100. The molecule has 170 valence electrons. The van der Waals surface area contributed by atoms with Crippen molar-refractivity contribution in [1.82, 2.24) is 24.8 Å². The quantitative estimate of drug-likeness (QED) is 0.480. The number of carbonyl (C=O) groups is 1. The molecule has 1 atom stereocenters. The van der Waals surface area contributed by atoms with Crippen molar-refractivity contribution >= 4 is 17.0 Å². The second-order valence-electron chi connectivity index (χ2n) is 8.12. The summed E-state index contributed by atoms with van der Waals surface area (Å²) in [6, 6.07) is 3.23. The SMILES string of the molecule is O=C(c1oc(C2(O)CC2)nc1C(F)F)N1CCc2[nH]cnc2[C@H]1c1nc2cccc(F)c2o1. The molecule has 2 aliphatic rings. The number of nitrogens with one attached hydrogen (secondary N) is 1. The first-order valence-electron chi connectivity index (χ1n) is 10.3. The van der Waals surface area contributed by atoms with E-state index in [1.165, 1.54) is 23.4 Å². The van der Waals surface area contributed by atoms with E-state index in [4.69, 9.17) is 8.83 Å². The molecule has 0 saturated heterocycles. The minimum absolute atomic E-state index is 0.0179. The molecule has 4 aromatic rings. The highest BCUT2D eigenvalue weighted by atomic mass is 19.3. The van der Waals surface area contributed by atoms with Crippen molar-refractivity contribution in [2.24, 2.45) is 0 Å². The normalized spacial score (nSPS) is 19.3. The second kappa shape index (κ2) is 6.91. The van der Waals surface area contributed by atoms with Gasteiger partial charge in [0, 0.05) is 18.7 Å². The summed E-state index contributed by atoms with van der Waals surface area (Å²) < 4.78 is 52.7. The molecule has 12 heteroatoms. The van der Waals surface area contributed by atoms with Crippen LogP contribution >= 0.6 is 0 Å². The minimum Gasteiger partial charge on any atom is -0.435 e. The van der Waals surface area contributed by atoms with Gasteiger partial charge in [0.1, 0.15) is 11.1 Å². The second-order valence-corrected chi connectivity index (χ2v) is 8.12. The number of H-pyrrole nitrogens is 1. The van der Waals surface area contributed by atoms with E-state index in [9.17, 15) is 23.1 Å². The van der Waals surface area contributed by atoms with Crippen LogP contribution in [0.5, 0.6) is 0 Å². The predicted octanol–water partition coefficient (Wildman–Crippen LogP) is 3.38. The van der Waals surface area contributed by atoms with Crippen LogP contribution in [-0.4, -0.2) is 42.4 Å². The lowest BCUT2D eigenvalue weighted by atomic mass is 10.0. The van der Waals surface area contributed by atoms with Gasteiger partial charge in [-0.3, -0.25) is 4.79 Å². The van der Waals surface area contributed by atoms with Gasteiger partial charge >= 0.3 is 0 Å². The third-order valence-corrected chi connectivity index (χ3v) is 5.98. The van der Waals surface area contributed by atoms with Crippen LogP contribution < -0.4 is 0 Å². The van der Waals surface area contributed by atoms with E-state index < -0.39 is 41.2 Å². The van der Waals surface area contributed by atoms with Crippen molar-refractivity contribution in [3.05, 3.63) is 65.0 Å². The minimum atomic E-state index is -3.09. The molecule has 0 bridgehead atoms. The van der Waals surface area contributed by atoms with Crippen molar-refractivity contribution in [2.45, 2.75) is 37.3 Å². The predicted molar refractivity (Wildman–Crippen MR) is 104 cm³/mol. The van der Waals surface area contributed by atoms with Gasteiger partial charge in [-0.05, 0) is 25.0 Å². The summed E-state index contributed by atoms with van der Waals surface area (Å²) in [4.78, 5) is 30.0. The number of imidazole rings is 1. The first-order valence-corrected chi connectivity index (χ1v) is 10.3. The number of nitrogens with zero attached hydrogens (tertiary/aromatic N) is 4. The summed E-state index contributed by atoms with van der Waals surface area (Å²) in [5.74, 6) is -2.49. The first kappa shape index (κ1) is 20.0. The first-order chi connectivity index (χ1) is 15.9. The van der Waals surface area contributed by atoms with E-state index in [2.05, 4.69) is 19.9 Å². The largest absolute Gasteiger partial charge is 0.435 e. The van der Waals surface area contributed by atoms with Crippen molar-refractivity contribution in [3.8, 4) is 0 Å².